The first-order chi connectivity index (χ1) is 16.2. The fraction of sp³-hybridized carbons (Fsp3) is 0.333. The summed E-state index contributed by atoms with van der Waals surface area (Å²) in [6.07, 6.45) is 4.04. The Balaban J connectivity index is 1.33. The molecule has 3 aliphatic rings. The van der Waals surface area contributed by atoms with Crippen molar-refractivity contribution >= 4 is 41.3 Å². The molecule has 10 heteroatoms. The van der Waals surface area contributed by atoms with Crippen LogP contribution in [0.4, 0.5) is 0 Å². The summed E-state index contributed by atoms with van der Waals surface area (Å²) >= 11 is 2.68. The molecule has 1 aromatic heterocycles. The van der Waals surface area contributed by atoms with E-state index in [0.29, 0.717) is 15.8 Å². The third kappa shape index (κ3) is 3.82. The van der Waals surface area contributed by atoms with Crippen molar-refractivity contribution in [3.63, 3.8) is 0 Å². The normalized spacial score (nSPS) is 24.2. The first kappa shape index (κ1) is 22.7. The summed E-state index contributed by atoms with van der Waals surface area (Å²) in [5, 5.41) is 23.8. The predicted octanol–water partition coefficient (Wildman–Crippen LogP) is 2.30. The van der Waals surface area contributed by atoms with E-state index in [0.717, 1.165) is 22.5 Å². The van der Waals surface area contributed by atoms with Crippen molar-refractivity contribution in [3.8, 4) is 11.3 Å². The smallest absolute Gasteiger partial charge is 0.256 e. The number of benzene rings is 1. The minimum Gasteiger partial charge on any atom is -0.543 e. The van der Waals surface area contributed by atoms with Crippen molar-refractivity contribution in [2.75, 3.05) is 0 Å². The number of aliphatic imine (C=N–C) groups is 1. The molecule has 4 atom stereocenters. The van der Waals surface area contributed by atoms with Crippen LogP contribution in [0, 0.1) is 11.8 Å². The van der Waals surface area contributed by atoms with Crippen molar-refractivity contribution in [1.82, 2.24) is 14.8 Å². The summed E-state index contributed by atoms with van der Waals surface area (Å²) in [6.45, 7) is 6.05. The van der Waals surface area contributed by atoms with Gasteiger partial charge in [-0.15, -0.1) is 11.3 Å². The molecule has 0 radical (unpaired) electrons. The van der Waals surface area contributed by atoms with Crippen LogP contribution >= 0.6 is 23.1 Å². The van der Waals surface area contributed by atoms with E-state index in [2.05, 4.69) is 11.3 Å². The molecule has 34 heavy (non-hydrogen) atoms. The molecular weight excluding hydrogens is 472 g/mol. The molecule has 0 saturated carbocycles. The molecule has 0 spiro atoms. The van der Waals surface area contributed by atoms with E-state index >= 15 is 0 Å². The van der Waals surface area contributed by atoms with Gasteiger partial charge in [0.25, 0.3) is 6.34 Å². The molecule has 0 aliphatic carbocycles. The molecule has 1 saturated heterocycles. The van der Waals surface area contributed by atoms with Crippen LogP contribution in [0.5, 0.6) is 0 Å². The van der Waals surface area contributed by atoms with Gasteiger partial charge in [0.15, 0.2) is 10.5 Å². The van der Waals surface area contributed by atoms with Gasteiger partial charge >= 0.3 is 0 Å². The molecule has 1 fully saturated rings. The Kier molecular flexibility index (Phi) is 5.77. The van der Waals surface area contributed by atoms with Crippen LogP contribution in [0.15, 0.2) is 61.5 Å². The quantitative estimate of drug-likeness (QED) is 0.465. The summed E-state index contributed by atoms with van der Waals surface area (Å²) in [4.78, 5) is 36.9. The van der Waals surface area contributed by atoms with Gasteiger partial charge in [0.1, 0.15) is 0 Å². The molecule has 174 valence electrons. The second-order valence-corrected chi connectivity index (χ2v) is 10.8. The lowest BCUT2D eigenvalue weighted by Gasteiger charge is -2.47. The average Bonchev–Trinajstić information content (AvgIpc) is 3.47. The molecule has 0 bridgehead atoms. The van der Waals surface area contributed by atoms with Crippen LogP contribution in [0.3, 0.4) is 0 Å². The second kappa shape index (κ2) is 8.63. The first-order valence-electron chi connectivity index (χ1n) is 10.9. The number of thioether (sulfide) groups is 1. The third-order valence-electron chi connectivity index (χ3n) is 6.28. The van der Waals surface area contributed by atoms with Gasteiger partial charge in [-0.1, -0.05) is 43.0 Å². The predicted molar refractivity (Wildman–Crippen MR) is 127 cm³/mol. The minimum atomic E-state index is -1.38. The number of carboxylic acids is 1. The Labute approximate surface area is 205 Å². The van der Waals surface area contributed by atoms with Crippen LogP contribution in [-0.4, -0.2) is 50.3 Å². The molecule has 8 nitrogen and oxygen atoms in total. The number of hydrogen-bond acceptors (Lipinski definition) is 9. The van der Waals surface area contributed by atoms with Crippen molar-refractivity contribution in [2.24, 2.45) is 16.8 Å². The average molecular weight is 495 g/mol. The number of aliphatic hydroxyl groups is 1. The summed E-state index contributed by atoms with van der Waals surface area (Å²) in [5.41, 5.74) is 3.70. The minimum absolute atomic E-state index is 0.1000. The van der Waals surface area contributed by atoms with Crippen LogP contribution in [-0.2, 0) is 16.1 Å². The van der Waals surface area contributed by atoms with Gasteiger partial charge in [-0.3, -0.25) is 4.79 Å². The van der Waals surface area contributed by atoms with E-state index in [4.69, 9.17) is 4.98 Å². The number of aliphatic hydroxyl groups excluding tert-OH is 1. The van der Waals surface area contributed by atoms with Crippen molar-refractivity contribution in [1.29, 1.82) is 0 Å². The summed E-state index contributed by atoms with van der Waals surface area (Å²) in [6, 6.07) is 7.71. The van der Waals surface area contributed by atoms with Crippen LogP contribution < -0.4 is 5.11 Å². The van der Waals surface area contributed by atoms with Crippen LogP contribution in [0.25, 0.3) is 11.3 Å². The molecule has 2 aromatic rings. The van der Waals surface area contributed by atoms with Crippen molar-refractivity contribution < 1.29 is 19.8 Å². The lowest BCUT2D eigenvalue weighted by Crippen LogP contribution is -2.64. The molecule has 3 aliphatic heterocycles. The van der Waals surface area contributed by atoms with Gasteiger partial charge < -0.3 is 19.9 Å². The zero-order chi connectivity index (χ0) is 24.1. The molecule has 5 rings (SSSR count). The van der Waals surface area contributed by atoms with Crippen molar-refractivity contribution in [3.05, 3.63) is 57.7 Å². The number of hydrogen-bond donors (Lipinski definition) is 1. The Morgan fingerprint density at radius 3 is 2.71 bits per heavy atom. The fourth-order valence-electron chi connectivity index (χ4n) is 4.66. The van der Waals surface area contributed by atoms with Gasteiger partial charge in [0.2, 0.25) is 11.6 Å². The first-order valence-corrected chi connectivity index (χ1v) is 12.5. The Morgan fingerprint density at radius 1 is 1.35 bits per heavy atom. The number of carbonyl (C=O) groups is 2. The van der Waals surface area contributed by atoms with E-state index in [1.807, 2.05) is 54.6 Å². The number of thiazole rings is 1. The molecule has 4 heterocycles. The number of aromatic nitrogens is 1. The van der Waals surface area contributed by atoms with E-state index in [9.17, 15) is 19.8 Å². The number of β-lactam (4-membered cyclic amide) rings is 1. The lowest BCUT2D eigenvalue weighted by atomic mass is 9.79. The number of carboxylic acid groups (broad SMARTS) is 1. The maximum Gasteiger partial charge on any atom is 0.256 e. The maximum atomic E-state index is 12.5. The molecule has 1 N–H and O–H groups in total. The third-order valence-corrected chi connectivity index (χ3v) is 8.51. The van der Waals surface area contributed by atoms with Crippen molar-refractivity contribution in [2.45, 2.75) is 43.8 Å². The number of nitrogens with zero attached hydrogens (tertiary/aromatic N) is 4. The zero-order valence-electron chi connectivity index (χ0n) is 18.8. The highest BCUT2D eigenvalue weighted by molar-refractivity contribution is 8.04. The van der Waals surface area contributed by atoms with Crippen LogP contribution in [0.2, 0.25) is 0 Å². The van der Waals surface area contributed by atoms with Gasteiger partial charge in [-0.25, -0.2) is 4.98 Å². The highest BCUT2D eigenvalue weighted by Gasteiger charge is 2.58. The molecule has 1 amide bonds. The van der Waals surface area contributed by atoms with Gasteiger partial charge in [0.05, 0.1) is 42.0 Å². The zero-order valence-corrected chi connectivity index (χ0v) is 20.4. The summed E-state index contributed by atoms with van der Waals surface area (Å²) in [5.74, 6) is -2.58. The lowest BCUT2D eigenvalue weighted by molar-refractivity contribution is -0.301. The number of carbonyl (C=O) groups excluding carboxylic acids is 2. The highest BCUT2D eigenvalue weighted by atomic mass is 32.2. The summed E-state index contributed by atoms with van der Waals surface area (Å²) < 4.78 is 0.687. The number of rotatable bonds is 7. The monoisotopic (exact) mass is 494 g/mol. The summed E-state index contributed by atoms with van der Waals surface area (Å²) in [7, 11) is 0. The van der Waals surface area contributed by atoms with Gasteiger partial charge in [0, 0.05) is 28.7 Å². The van der Waals surface area contributed by atoms with Gasteiger partial charge in [-0.05, 0) is 17.5 Å². The largest absolute Gasteiger partial charge is 0.543 e. The number of aliphatic carboxylic acids is 1. The van der Waals surface area contributed by atoms with E-state index < -0.39 is 18.0 Å². The number of allylic oxidation sites excluding steroid dienone is 1. The highest BCUT2D eigenvalue weighted by Crippen LogP contribution is 2.52. The van der Waals surface area contributed by atoms with Gasteiger partial charge in [-0.2, -0.15) is 4.90 Å². The maximum absolute atomic E-state index is 12.5. The Hall–Kier alpha value is -3.04. The van der Waals surface area contributed by atoms with E-state index in [-0.39, 0.29) is 23.6 Å². The number of fused-ring (bicyclic) bond motifs is 1. The fourth-order valence-corrected chi connectivity index (χ4v) is 6.76. The Bertz CT molecular complexity index is 1250. The second-order valence-electron chi connectivity index (χ2n) is 8.66. The Morgan fingerprint density at radius 2 is 2.09 bits per heavy atom. The standard InChI is InChI=1S/C24H22N4O4S2/c1-12-8-27(11-25-12)9-15-4-6-16(7-5-15)17-10-33-24(26-17)34-21-13(2)19-18(14(3)29)22(30)28(19)20(21)23(31)32/h4-8,10,13-14,18-19,29H,9H2,1-3H3/t13-,14?,18+,19+/m1/s1. The van der Waals surface area contributed by atoms with E-state index in [1.54, 1.807) is 6.92 Å². The number of amides is 1. The molecule has 1 aromatic carbocycles. The van der Waals surface area contributed by atoms with E-state index in [1.165, 1.54) is 28.0 Å². The SMILES string of the molecule is CC1=CN(Cc2ccc(-c3csc(SC4=C(C(=O)[O-])N5C(=O)[C@@H](C(C)O)[C@@H]5[C@H]4C)n3)cc2)[C+]=N1. The topological polar surface area (TPSA) is 109 Å². The van der Waals surface area contributed by atoms with Crippen LogP contribution in [0.1, 0.15) is 26.3 Å². The molecule has 1 unspecified atom stereocenters. The molecular formula is C24H22N4O4S2.